The van der Waals surface area contributed by atoms with Crippen molar-refractivity contribution in [3.05, 3.63) is 77.9 Å². The molecule has 3 aromatic rings. The van der Waals surface area contributed by atoms with Gasteiger partial charge in [0, 0.05) is 31.0 Å². The molecule has 1 N–H and O–H groups in total. The highest BCUT2D eigenvalue weighted by Gasteiger charge is 2.46. The molecule has 1 saturated heterocycles. The smallest absolute Gasteiger partial charge is 0.295 e. The number of aryl methyl sites for hydroxylation is 1. The number of amides is 1. The SMILES string of the molecule is CCCOc1ccc([C@@H]2/C(=C(\O)c3ccc(OC)cc3)C(=O)C(=O)N2CCCn2ccnc2)cc1OC. The van der Waals surface area contributed by atoms with E-state index >= 15 is 0 Å². The molecule has 0 aliphatic carbocycles. The van der Waals surface area contributed by atoms with Crippen LogP contribution in [0.25, 0.3) is 5.76 Å². The maximum absolute atomic E-state index is 13.3. The number of carbonyl (C=O) groups is 2. The van der Waals surface area contributed by atoms with Crippen molar-refractivity contribution < 1.29 is 28.9 Å². The molecule has 2 aromatic carbocycles. The van der Waals surface area contributed by atoms with Gasteiger partial charge in [0.15, 0.2) is 11.5 Å². The van der Waals surface area contributed by atoms with E-state index in [1.165, 1.54) is 12.0 Å². The molecule has 9 heteroatoms. The number of imidazole rings is 1. The van der Waals surface area contributed by atoms with Gasteiger partial charge in [-0.25, -0.2) is 4.98 Å². The van der Waals surface area contributed by atoms with Gasteiger partial charge in [0.2, 0.25) is 0 Å². The van der Waals surface area contributed by atoms with Crippen molar-refractivity contribution in [2.45, 2.75) is 32.4 Å². The molecule has 1 aliphatic heterocycles. The average molecular weight is 506 g/mol. The summed E-state index contributed by atoms with van der Waals surface area (Å²) >= 11 is 0. The van der Waals surface area contributed by atoms with Crippen LogP contribution in [0.5, 0.6) is 17.2 Å². The van der Waals surface area contributed by atoms with Crippen molar-refractivity contribution in [3.8, 4) is 17.2 Å². The quantitative estimate of drug-likeness (QED) is 0.237. The third-order valence-corrected chi connectivity index (χ3v) is 6.24. The Labute approximate surface area is 215 Å². The number of nitrogens with zero attached hydrogens (tertiary/aromatic N) is 3. The van der Waals surface area contributed by atoms with Crippen LogP contribution in [-0.2, 0) is 16.1 Å². The van der Waals surface area contributed by atoms with Crippen LogP contribution in [0.2, 0.25) is 0 Å². The summed E-state index contributed by atoms with van der Waals surface area (Å²) in [5.74, 6) is 0.0377. The fourth-order valence-electron chi connectivity index (χ4n) is 4.39. The summed E-state index contributed by atoms with van der Waals surface area (Å²) in [4.78, 5) is 32.1. The number of methoxy groups -OCH3 is 2. The number of aliphatic hydroxyl groups excluding tert-OH is 1. The van der Waals surface area contributed by atoms with Crippen LogP contribution in [-0.4, -0.2) is 58.6 Å². The van der Waals surface area contributed by atoms with Gasteiger partial charge in [0.25, 0.3) is 11.7 Å². The van der Waals surface area contributed by atoms with E-state index in [0.717, 1.165) is 6.42 Å². The van der Waals surface area contributed by atoms with E-state index in [9.17, 15) is 14.7 Å². The van der Waals surface area contributed by atoms with Gasteiger partial charge in [-0.2, -0.15) is 0 Å². The Morgan fingerprint density at radius 3 is 2.46 bits per heavy atom. The Morgan fingerprint density at radius 1 is 1.03 bits per heavy atom. The summed E-state index contributed by atoms with van der Waals surface area (Å²) in [5, 5.41) is 11.3. The van der Waals surface area contributed by atoms with Crippen LogP contribution in [0.1, 0.15) is 36.9 Å². The second kappa shape index (κ2) is 11.6. The number of rotatable bonds is 11. The minimum atomic E-state index is -0.793. The summed E-state index contributed by atoms with van der Waals surface area (Å²) in [6, 6.07) is 11.2. The number of benzene rings is 2. The van der Waals surface area contributed by atoms with Crippen molar-refractivity contribution in [2.24, 2.45) is 0 Å². The van der Waals surface area contributed by atoms with Crippen molar-refractivity contribution in [1.82, 2.24) is 14.5 Å². The fourth-order valence-corrected chi connectivity index (χ4v) is 4.39. The molecule has 2 heterocycles. The van der Waals surface area contributed by atoms with Gasteiger partial charge in [-0.3, -0.25) is 9.59 Å². The van der Waals surface area contributed by atoms with E-state index in [-0.39, 0.29) is 11.3 Å². The molecule has 0 bridgehead atoms. The van der Waals surface area contributed by atoms with Gasteiger partial charge in [0.1, 0.15) is 11.5 Å². The summed E-state index contributed by atoms with van der Waals surface area (Å²) in [7, 11) is 3.09. The van der Waals surface area contributed by atoms with Crippen molar-refractivity contribution in [3.63, 3.8) is 0 Å². The standard InChI is InChI=1S/C28H31N3O6/c1-4-16-37-22-11-8-20(17-23(22)36-3)25-24(26(32)19-6-9-21(35-2)10-7-19)27(33)28(34)31(25)14-5-13-30-15-12-29-18-30/h6-12,15,17-18,25,32H,4-5,13-14,16H2,1-3H3/b26-24+/t25-/m1/s1. The number of hydrogen-bond donors (Lipinski definition) is 1. The Kier molecular flexibility index (Phi) is 8.12. The van der Waals surface area contributed by atoms with Crippen LogP contribution >= 0.6 is 0 Å². The Hall–Kier alpha value is -4.27. The first-order chi connectivity index (χ1) is 18.0. The van der Waals surface area contributed by atoms with Crippen LogP contribution in [0, 0.1) is 0 Å². The zero-order valence-electron chi connectivity index (χ0n) is 21.2. The molecule has 0 radical (unpaired) electrons. The lowest BCUT2D eigenvalue weighted by molar-refractivity contribution is -0.139. The van der Waals surface area contributed by atoms with Gasteiger partial charge in [-0.05, 0) is 54.8 Å². The zero-order chi connectivity index (χ0) is 26.4. The van der Waals surface area contributed by atoms with Gasteiger partial charge < -0.3 is 28.8 Å². The van der Waals surface area contributed by atoms with Crippen LogP contribution in [0.4, 0.5) is 0 Å². The second-order valence-electron chi connectivity index (χ2n) is 8.63. The molecule has 1 atom stereocenters. The van der Waals surface area contributed by atoms with Gasteiger partial charge in [-0.1, -0.05) is 13.0 Å². The van der Waals surface area contributed by atoms with E-state index in [4.69, 9.17) is 14.2 Å². The number of Topliss-reactive ketones (excluding diaryl/α,β-unsaturated/α-hetero) is 1. The largest absolute Gasteiger partial charge is 0.507 e. The van der Waals surface area contributed by atoms with Crippen LogP contribution in [0.3, 0.4) is 0 Å². The van der Waals surface area contributed by atoms with Gasteiger partial charge in [0.05, 0.1) is 38.8 Å². The fraction of sp³-hybridized carbons (Fsp3) is 0.321. The van der Waals surface area contributed by atoms with Crippen molar-refractivity contribution in [1.29, 1.82) is 0 Å². The molecule has 1 aliphatic rings. The topological polar surface area (TPSA) is 103 Å². The number of ketones is 1. The molecular weight excluding hydrogens is 474 g/mol. The molecule has 9 nitrogen and oxygen atoms in total. The summed E-state index contributed by atoms with van der Waals surface area (Å²) in [5.41, 5.74) is 1.08. The maximum Gasteiger partial charge on any atom is 0.295 e. The monoisotopic (exact) mass is 505 g/mol. The number of likely N-dealkylation sites (tertiary alicyclic amines) is 1. The maximum atomic E-state index is 13.3. The third kappa shape index (κ3) is 5.45. The summed E-state index contributed by atoms with van der Waals surface area (Å²) in [6.45, 7) is 3.47. The molecule has 0 unspecified atom stereocenters. The molecular formula is C28H31N3O6. The Bertz CT molecular complexity index is 1270. The summed E-state index contributed by atoms with van der Waals surface area (Å²) < 4.78 is 18.4. The molecule has 4 rings (SSSR count). The highest BCUT2D eigenvalue weighted by Crippen LogP contribution is 2.42. The van der Waals surface area contributed by atoms with Crippen LogP contribution < -0.4 is 14.2 Å². The van der Waals surface area contributed by atoms with Gasteiger partial charge in [-0.15, -0.1) is 0 Å². The van der Waals surface area contributed by atoms with E-state index in [2.05, 4.69) is 4.98 Å². The normalized spacial score (nSPS) is 16.7. The Balaban J connectivity index is 1.75. The number of aromatic nitrogens is 2. The number of ether oxygens (including phenoxy) is 3. The van der Waals surface area contributed by atoms with E-state index in [0.29, 0.717) is 54.5 Å². The lowest BCUT2D eigenvalue weighted by atomic mass is 9.95. The highest BCUT2D eigenvalue weighted by atomic mass is 16.5. The minimum Gasteiger partial charge on any atom is -0.507 e. The number of aliphatic hydroxyl groups is 1. The number of carbonyl (C=O) groups excluding carboxylic acids is 2. The molecule has 1 aromatic heterocycles. The average Bonchev–Trinajstić information content (AvgIpc) is 3.54. The van der Waals surface area contributed by atoms with E-state index in [1.807, 2.05) is 17.7 Å². The van der Waals surface area contributed by atoms with E-state index in [1.54, 1.807) is 62.1 Å². The molecule has 0 saturated carbocycles. The zero-order valence-corrected chi connectivity index (χ0v) is 21.2. The summed E-state index contributed by atoms with van der Waals surface area (Å²) in [6.07, 6.45) is 6.67. The minimum absolute atomic E-state index is 0.0297. The lowest BCUT2D eigenvalue weighted by Gasteiger charge is -2.26. The second-order valence-corrected chi connectivity index (χ2v) is 8.63. The Morgan fingerprint density at radius 2 is 1.81 bits per heavy atom. The third-order valence-electron chi connectivity index (χ3n) is 6.24. The first-order valence-electron chi connectivity index (χ1n) is 12.2. The lowest BCUT2D eigenvalue weighted by Crippen LogP contribution is -2.31. The molecule has 37 heavy (non-hydrogen) atoms. The predicted molar refractivity (Wildman–Crippen MR) is 138 cm³/mol. The van der Waals surface area contributed by atoms with E-state index < -0.39 is 17.7 Å². The molecule has 194 valence electrons. The predicted octanol–water partition coefficient (Wildman–Crippen LogP) is 4.20. The highest BCUT2D eigenvalue weighted by molar-refractivity contribution is 6.46. The van der Waals surface area contributed by atoms with Crippen molar-refractivity contribution in [2.75, 3.05) is 27.4 Å². The van der Waals surface area contributed by atoms with Gasteiger partial charge >= 0.3 is 0 Å². The van der Waals surface area contributed by atoms with Crippen molar-refractivity contribution >= 4 is 17.4 Å². The van der Waals surface area contributed by atoms with Crippen LogP contribution in [0.15, 0.2) is 66.8 Å². The number of hydrogen-bond acceptors (Lipinski definition) is 7. The first kappa shape index (κ1) is 25.8. The molecule has 1 fully saturated rings. The molecule has 0 spiro atoms. The molecule has 1 amide bonds. The first-order valence-corrected chi connectivity index (χ1v) is 12.2.